The maximum atomic E-state index is 11.8. The first-order valence-corrected chi connectivity index (χ1v) is 6.07. The number of rotatable bonds is 4. The largest absolute Gasteiger partial charge is 0.292 e. The van der Waals surface area contributed by atoms with Crippen LogP contribution in [0.15, 0.2) is 6.07 Å². The summed E-state index contributed by atoms with van der Waals surface area (Å²) < 4.78 is 3.42. The highest BCUT2D eigenvalue weighted by Gasteiger charge is 2.19. The fraction of sp³-hybridized carbons (Fsp3) is 0.500. The van der Waals surface area contributed by atoms with Crippen LogP contribution < -0.4 is 0 Å². The zero-order valence-corrected chi connectivity index (χ0v) is 11.1. The Bertz CT molecular complexity index is 562. The van der Waals surface area contributed by atoms with E-state index in [1.807, 2.05) is 33.9 Å². The zero-order chi connectivity index (χ0) is 13.3. The Labute approximate surface area is 106 Å². The number of carbonyl (C=O) groups excluding carboxylic acids is 1. The molecule has 0 fully saturated rings. The molecular weight excluding hydrogens is 230 g/mol. The molecule has 6 nitrogen and oxygen atoms in total. The van der Waals surface area contributed by atoms with Crippen molar-refractivity contribution in [1.29, 1.82) is 0 Å². The lowest BCUT2D eigenvalue weighted by atomic mass is 10.1. The van der Waals surface area contributed by atoms with Gasteiger partial charge in [0.25, 0.3) is 0 Å². The summed E-state index contributed by atoms with van der Waals surface area (Å²) in [6.07, 6.45) is 1.14. The van der Waals surface area contributed by atoms with Crippen molar-refractivity contribution in [3.05, 3.63) is 23.1 Å². The van der Waals surface area contributed by atoms with Crippen LogP contribution in [-0.2, 0) is 13.5 Å². The van der Waals surface area contributed by atoms with E-state index >= 15 is 0 Å². The lowest BCUT2D eigenvalue weighted by molar-refractivity contribution is 0.0982. The Balaban J connectivity index is 2.52. The molecule has 18 heavy (non-hydrogen) atoms. The summed E-state index contributed by atoms with van der Waals surface area (Å²) in [6, 6.07) is 1.92. The van der Waals surface area contributed by atoms with Crippen molar-refractivity contribution in [2.24, 2.45) is 7.05 Å². The molecule has 0 atom stereocenters. The van der Waals surface area contributed by atoms with E-state index in [9.17, 15) is 4.79 Å². The van der Waals surface area contributed by atoms with Gasteiger partial charge in [-0.1, -0.05) is 19.1 Å². The van der Waals surface area contributed by atoms with E-state index in [0.717, 1.165) is 11.4 Å². The van der Waals surface area contributed by atoms with Gasteiger partial charge in [-0.15, -0.1) is 5.10 Å². The van der Waals surface area contributed by atoms with Gasteiger partial charge in [-0.3, -0.25) is 9.48 Å². The Morgan fingerprint density at radius 3 is 2.61 bits per heavy atom. The second kappa shape index (κ2) is 4.72. The number of aromatic nitrogens is 5. The highest BCUT2D eigenvalue weighted by Crippen LogP contribution is 2.14. The molecule has 0 unspecified atom stereocenters. The summed E-state index contributed by atoms with van der Waals surface area (Å²) >= 11 is 0. The smallest absolute Gasteiger partial charge is 0.184 e. The van der Waals surface area contributed by atoms with Crippen LogP contribution in [0.4, 0.5) is 0 Å². The Kier molecular flexibility index (Phi) is 3.27. The van der Waals surface area contributed by atoms with Gasteiger partial charge in [0.1, 0.15) is 0 Å². The molecule has 0 saturated heterocycles. The van der Waals surface area contributed by atoms with Crippen LogP contribution in [0.2, 0.25) is 0 Å². The van der Waals surface area contributed by atoms with Crippen molar-refractivity contribution in [2.45, 2.75) is 33.6 Å². The quantitative estimate of drug-likeness (QED) is 0.767. The Morgan fingerprint density at radius 1 is 1.39 bits per heavy atom. The lowest BCUT2D eigenvalue weighted by Crippen LogP contribution is -2.06. The average molecular weight is 247 g/mol. The van der Waals surface area contributed by atoms with E-state index in [1.54, 1.807) is 9.36 Å². The molecule has 0 spiro atoms. The molecule has 96 valence electrons. The maximum absolute atomic E-state index is 11.8. The fourth-order valence-corrected chi connectivity index (χ4v) is 1.83. The number of Topliss-reactive ketones (excluding diaryl/α,β-unsaturated/α-hetero) is 1. The van der Waals surface area contributed by atoms with E-state index in [2.05, 4.69) is 15.4 Å². The van der Waals surface area contributed by atoms with Crippen molar-refractivity contribution < 1.29 is 4.79 Å². The lowest BCUT2D eigenvalue weighted by Gasteiger charge is -2.01. The Morgan fingerprint density at radius 2 is 2.11 bits per heavy atom. The van der Waals surface area contributed by atoms with Crippen molar-refractivity contribution in [2.75, 3.05) is 0 Å². The Hall–Kier alpha value is -1.98. The molecule has 0 aliphatic carbocycles. The summed E-state index contributed by atoms with van der Waals surface area (Å²) in [5, 5.41) is 12.4. The van der Waals surface area contributed by atoms with Crippen LogP contribution in [0.3, 0.4) is 0 Å². The second-order valence-corrected chi connectivity index (χ2v) is 4.19. The van der Waals surface area contributed by atoms with Crippen LogP contribution in [0.1, 0.15) is 42.1 Å². The van der Waals surface area contributed by atoms with Crippen LogP contribution in [0, 0.1) is 6.92 Å². The molecule has 0 amide bonds. The number of aryl methyl sites for hydroxylation is 2. The van der Waals surface area contributed by atoms with E-state index in [1.165, 1.54) is 0 Å². The normalized spacial score (nSPS) is 10.9. The maximum Gasteiger partial charge on any atom is 0.184 e. The van der Waals surface area contributed by atoms with Crippen LogP contribution in [0.5, 0.6) is 0 Å². The predicted octanol–water partition coefficient (Wildman–Crippen LogP) is 1.46. The number of nitrogens with zero attached hydrogens (tertiary/aromatic N) is 5. The highest BCUT2D eigenvalue weighted by atomic mass is 16.1. The molecule has 0 N–H and O–H groups in total. The van der Waals surface area contributed by atoms with Gasteiger partial charge in [0.2, 0.25) is 0 Å². The van der Waals surface area contributed by atoms with Gasteiger partial charge < -0.3 is 0 Å². The third-order valence-corrected chi connectivity index (χ3v) is 3.00. The van der Waals surface area contributed by atoms with E-state index in [0.29, 0.717) is 24.4 Å². The summed E-state index contributed by atoms with van der Waals surface area (Å²) in [7, 11) is 1.87. The summed E-state index contributed by atoms with van der Waals surface area (Å²) in [4.78, 5) is 11.8. The molecule has 0 aliphatic heterocycles. The molecule has 2 heterocycles. The number of ketones is 1. The summed E-state index contributed by atoms with van der Waals surface area (Å²) in [6.45, 7) is 5.78. The minimum absolute atomic E-state index is 0.0192. The molecule has 0 aliphatic rings. The van der Waals surface area contributed by atoms with Gasteiger partial charge in [-0.2, -0.15) is 9.78 Å². The van der Waals surface area contributed by atoms with Gasteiger partial charge in [-0.05, 0) is 13.3 Å². The molecule has 6 heteroatoms. The van der Waals surface area contributed by atoms with Crippen molar-refractivity contribution in [1.82, 2.24) is 24.8 Å². The molecule has 2 aromatic rings. The van der Waals surface area contributed by atoms with E-state index in [4.69, 9.17) is 0 Å². The SMILES string of the molecule is CCC(=O)c1nnn(-c2cc(C)n(C)n2)c1CC. The molecule has 0 aromatic carbocycles. The molecular formula is C12H17N5O. The van der Waals surface area contributed by atoms with Crippen LogP contribution in [-0.4, -0.2) is 30.6 Å². The first-order chi connectivity index (χ1) is 8.58. The average Bonchev–Trinajstić information content (AvgIpc) is 2.92. The zero-order valence-electron chi connectivity index (χ0n) is 11.1. The van der Waals surface area contributed by atoms with Crippen LogP contribution >= 0.6 is 0 Å². The molecule has 0 bridgehead atoms. The first kappa shape index (κ1) is 12.5. The first-order valence-electron chi connectivity index (χ1n) is 6.07. The number of hydrogen-bond donors (Lipinski definition) is 0. The molecule has 0 radical (unpaired) electrons. The van der Waals surface area contributed by atoms with Gasteiger partial charge in [0.05, 0.1) is 5.69 Å². The molecule has 2 aromatic heterocycles. The van der Waals surface area contributed by atoms with Crippen molar-refractivity contribution in [3.8, 4) is 5.82 Å². The monoisotopic (exact) mass is 247 g/mol. The third kappa shape index (κ3) is 1.94. The number of carbonyl (C=O) groups is 1. The van der Waals surface area contributed by atoms with E-state index in [-0.39, 0.29) is 5.78 Å². The van der Waals surface area contributed by atoms with Crippen molar-refractivity contribution >= 4 is 5.78 Å². The standard InChI is InChI=1S/C12H17N5O/c1-5-9-12(10(18)6-2)13-15-17(9)11-7-8(3)16(4)14-11/h7H,5-6H2,1-4H3. The van der Waals surface area contributed by atoms with Gasteiger partial charge >= 0.3 is 0 Å². The minimum Gasteiger partial charge on any atom is -0.292 e. The number of hydrogen-bond acceptors (Lipinski definition) is 4. The molecule has 2 rings (SSSR count). The minimum atomic E-state index is 0.0192. The summed E-state index contributed by atoms with van der Waals surface area (Å²) in [5.74, 6) is 0.722. The van der Waals surface area contributed by atoms with Gasteiger partial charge in [0, 0.05) is 25.2 Å². The third-order valence-electron chi connectivity index (χ3n) is 3.00. The second-order valence-electron chi connectivity index (χ2n) is 4.19. The topological polar surface area (TPSA) is 65.6 Å². The summed E-state index contributed by atoms with van der Waals surface area (Å²) in [5.41, 5.74) is 2.31. The van der Waals surface area contributed by atoms with Gasteiger partial charge in [-0.25, -0.2) is 0 Å². The predicted molar refractivity (Wildman–Crippen MR) is 66.9 cm³/mol. The van der Waals surface area contributed by atoms with Crippen LogP contribution in [0.25, 0.3) is 5.82 Å². The van der Waals surface area contributed by atoms with Gasteiger partial charge in [0.15, 0.2) is 17.3 Å². The highest BCUT2D eigenvalue weighted by molar-refractivity contribution is 5.95. The van der Waals surface area contributed by atoms with Crippen molar-refractivity contribution in [3.63, 3.8) is 0 Å². The molecule has 0 saturated carbocycles. The fourth-order valence-electron chi connectivity index (χ4n) is 1.83. The van der Waals surface area contributed by atoms with E-state index < -0.39 is 0 Å².